The summed E-state index contributed by atoms with van der Waals surface area (Å²) in [5.41, 5.74) is 5.13. The maximum absolute atomic E-state index is 13.1. The number of urea groups is 2. The second kappa shape index (κ2) is 12.6. The Kier molecular flexibility index (Phi) is 9.55. The van der Waals surface area contributed by atoms with E-state index < -0.39 is 12.0 Å². The Bertz CT molecular complexity index is 1190. The fourth-order valence-corrected chi connectivity index (χ4v) is 4.76. The largest absolute Gasteiger partial charge is 0.463 e. The molecule has 1 heterocycles. The van der Waals surface area contributed by atoms with E-state index in [0.717, 1.165) is 23.2 Å². The molecule has 1 aliphatic heterocycles. The molecule has 0 spiro atoms. The molecule has 3 rings (SSSR count). The van der Waals surface area contributed by atoms with Crippen LogP contribution >= 0.6 is 0 Å². The summed E-state index contributed by atoms with van der Waals surface area (Å²) in [5.74, 6) is 0.00962. The van der Waals surface area contributed by atoms with E-state index in [2.05, 4.69) is 43.6 Å². The van der Waals surface area contributed by atoms with E-state index in [-0.39, 0.29) is 30.5 Å². The summed E-state index contributed by atoms with van der Waals surface area (Å²) >= 11 is 0. The number of ether oxygens (including phenoxy) is 1. The molecule has 204 valence electrons. The molecule has 0 fully saturated rings. The van der Waals surface area contributed by atoms with Crippen molar-refractivity contribution >= 4 is 29.4 Å². The van der Waals surface area contributed by atoms with Crippen molar-refractivity contribution in [3.05, 3.63) is 70.4 Å². The first-order valence-electron chi connectivity index (χ1n) is 13.4. The van der Waals surface area contributed by atoms with Crippen LogP contribution < -0.4 is 16.0 Å². The van der Waals surface area contributed by atoms with Crippen LogP contribution in [0, 0.1) is 0 Å². The van der Waals surface area contributed by atoms with Gasteiger partial charge >= 0.3 is 18.0 Å². The molecule has 0 saturated heterocycles. The van der Waals surface area contributed by atoms with Gasteiger partial charge in [0.2, 0.25) is 0 Å². The summed E-state index contributed by atoms with van der Waals surface area (Å²) in [7, 11) is 0. The van der Waals surface area contributed by atoms with E-state index >= 15 is 0 Å². The van der Waals surface area contributed by atoms with Crippen molar-refractivity contribution in [1.29, 1.82) is 0 Å². The molecule has 4 amide bonds. The number of para-hydroxylation sites is 1. The quantitative estimate of drug-likeness (QED) is 0.313. The summed E-state index contributed by atoms with van der Waals surface area (Å²) < 4.78 is 5.33. The van der Waals surface area contributed by atoms with Gasteiger partial charge in [-0.2, -0.15) is 0 Å². The van der Waals surface area contributed by atoms with E-state index in [4.69, 9.17) is 4.74 Å². The van der Waals surface area contributed by atoms with Crippen LogP contribution in [0.1, 0.15) is 89.5 Å². The van der Waals surface area contributed by atoms with E-state index in [1.165, 1.54) is 0 Å². The molecule has 2 aromatic rings. The molecule has 38 heavy (non-hydrogen) atoms. The number of allylic oxidation sites excluding steroid dienone is 1. The first kappa shape index (κ1) is 28.8. The van der Waals surface area contributed by atoms with Gasteiger partial charge in [-0.15, -0.1) is 0 Å². The van der Waals surface area contributed by atoms with Crippen LogP contribution in [0.5, 0.6) is 0 Å². The summed E-state index contributed by atoms with van der Waals surface area (Å²) in [6.07, 6.45) is 0.749. The summed E-state index contributed by atoms with van der Waals surface area (Å²) in [4.78, 5) is 40.5. The highest BCUT2D eigenvalue weighted by Crippen LogP contribution is 2.34. The normalized spacial score (nSPS) is 15.6. The molecule has 1 unspecified atom stereocenters. The lowest BCUT2D eigenvalue weighted by Gasteiger charge is -2.35. The number of anilines is 2. The molecule has 0 bridgehead atoms. The van der Waals surface area contributed by atoms with E-state index in [1.807, 2.05) is 31.2 Å². The van der Waals surface area contributed by atoms with Gasteiger partial charge in [-0.3, -0.25) is 4.90 Å². The predicted octanol–water partition coefficient (Wildman–Crippen LogP) is 6.89. The Balaban J connectivity index is 1.91. The first-order valence-corrected chi connectivity index (χ1v) is 13.4. The van der Waals surface area contributed by atoms with E-state index in [1.54, 1.807) is 36.9 Å². The van der Waals surface area contributed by atoms with Crippen LogP contribution in [-0.2, 0) is 9.53 Å². The van der Waals surface area contributed by atoms with Crippen molar-refractivity contribution < 1.29 is 19.1 Å². The molecule has 0 aliphatic carbocycles. The van der Waals surface area contributed by atoms with Gasteiger partial charge in [-0.05, 0) is 60.9 Å². The average Bonchev–Trinajstić information content (AvgIpc) is 2.86. The van der Waals surface area contributed by atoms with Gasteiger partial charge in [-0.25, -0.2) is 14.4 Å². The van der Waals surface area contributed by atoms with Crippen molar-refractivity contribution in [3.63, 3.8) is 0 Å². The third-order valence-corrected chi connectivity index (χ3v) is 6.63. The Morgan fingerprint density at radius 3 is 2.21 bits per heavy atom. The number of hydrogen-bond acceptors (Lipinski definition) is 4. The number of carbonyl (C=O) groups excluding carboxylic acids is 3. The Morgan fingerprint density at radius 2 is 1.63 bits per heavy atom. The molecular weight excluding hydrogens is 480 g/mol. The lowest BCUT2D eigenvalue weighted by molar-refractivity contribution is -0.139. The second-order valence-electron chi connectivity index (χ2n) is 10.1. The molecule has 0 radical (unpaired) electrons. The second-order valence-corrected chi connectivity index (χ2v) is 10.1. The molecule has 1 atom stereocenters. The number of amides is 4. The Hall–Kier alpha value is -3.81. The first-order chi connectivity index (χ1) is 18.1. The smallest absolute Gasteiger partial charge is 0.338 e. The predicted molar refractivity (Wildman–Crippen MR) is 151 cm³/mol. The highest BCUT2D eigenvalue weighted by molar-refractivity contribution is 6.01. The topological polar surface area (TPSA) is 99.8 Å². The van der Waals surface area contributed by atoms with Crippen LogP contribution in [0.4, 0.5) is 21.0 Å². The van der Waals surface area contributed by atoms with Gasteiger partial charge in [0.15, 0.2) is 0 Å². The Labute approximate surface area is 225 Å². The summed E-state index contributed by atoms with van der Waals surface area (Å²) in [6.45, 7) is 14.6. The van der Waals surface area contributed by atoms with Gasteiger partial charge in [-0.1, -0.05) is 65.0 Å². The minimum atomic E-state index is -0.700. The highest BCUT2D eigenvalue weighted by Gasteiger charge is 2.36. The minimum absolute atomic E-state index is 0.224. The molecule has 2 aromatic carbocycles. The van der Waals surface area contributed by atoms with Crippen LogP contribution in [0.15, 0.2) is 53.7 Å². The molecule has 0 aromatic heterocycles. The minimum Gasteiger partial charge on any atom is -0.463 e. The summed E-state index contributed by atoms with van der Waals surface area (Å²) in [5, 5.41) is 8.92. The van der Waals surface area contributed by atoms with Gasteiger partial charge < -0.3 is 20.7 Å². The molecule has 3 N–H and O–H groups in total. The monoisotopic (exact) mass is 520 g/mol. The zero-order valence-corrected chi connectivity index (χ0v) is 23.5. The number of carbonyl (C=O) groups is 3. The number of nitrogens with zero attached hydrogens (tertiary/aromatic N) is 1. The van der Waals surface area contributed by atoms with Gasteiger partial charge in [0.1, 0.15) is 0 Å². The lowest BCUT2D eigenvalue weighted by Crippen LogP contribution is -2.48. The fraction of sp³-hybridized carbons (Fsp3) is 0.433. The number of rotatable bonds is 9. The fourth-order valence-electron chi connectivity index (χ4n) is 4.76. The standard InChI is InChI=1S/C30H40N4O4/c1-8-16-34-20(7)25(28(35)38-9-2)26(33-30(34)37)21-12-10-13-22(17-21)31-29(36)32-27-23(18(3)4)14-11-15-24(27)19(5)6/h10-15,17-19,26H,8-9,16H2,1-7H3,(H,33,37)(H2,31,32,36). The van der Waals surface area contributed by atoms with Crippen molar-refractivity contribution in [1.82, 2.24) is 10.2 Å². The maximum Gasteiger partial charge on any atom is 0.338 e. The molecule has 0 saturated carbocycles. The highest BCUT2D eigenvalue weighted by atomic mass is 16.5. The van der Waals surface area contributed by atoms with Crippen molar-refractivity contribution in [2.45, 2.75) is 72.8 Å². The average molecular weight is 521 g/mol. The van der Waals surface area contributed by atoms with E-state index in [0.29, 0.717) is 29.1 Å². The third kappa shape index (κ3) is 6.36. The zero-order valence-electron chi connectivity index (χ0n) is 23.5. The lowest BCUT2D eigenvalue weighted by atomic mass is 9.93. The van der Waals surface area contributed by atoms with Gasteiger partial charge in [0, 0.05) is 23.6 Å². The van der Waals surface area contributed by atoms with Crippen molar-refractivity contribution in [2.75, 3.05) is 23.8 Å². The number of esters is 1. The molecular formula is C30H40N4O4. The van der Waals surface area contributed by atoms with Crippen LogP contribution in [0.3, 0.4) is 0 Å². The van der Waals surface area contributed by atoms with Crippen molar-refractivity contribution in [2.24, 2.45) is 0 Å². The number of nitrogens with one attached hydrogen (secondary N) is 3. The SMILES string of the molecule is CCCN1C(=O)NC(c2cccc(NC(=O)Nc3c(C(C)C)cccc3C(C)C)c2)C(C(=O)OCC)=C1C. The van der Waals surface area contributed by atoms with Gasteiger partial charge in [0.25, 0.3) is 0 Å². The molecule has 1 aliphatic rings. The van der Waals surface area contributed by atoms with Crippen LogP contribution in [-0.4, -0.2) is 36.1 Å². The van der Waals surface area contributed by atoms with E-state index in [9.17, 15) is 14.4 Å². The number of benzene rings is 2. The zero-order chi connectivity index (χ0) is 28.0. The number of hydrogen-bond donors (Lipinski definition) is 3. The maximum atomic E-state index is 13.1. The molecule has 8 heteroatoms. The molecule has 8 nitrogen and oxygen atoms in total. The third-order valence-electron chi connectivity index (χ3n) is 6.63. The van der Waals surface area contributed by atoms with Gasteiger partial charge in [0.05, 0.1) is 18.2 Å². The Morgan fingerprint density at radius 1 is 1.00 bits per heavy atom. The van der Waals surface area contributed by atoms with Crippen LogP contribution in [0.25, 0.3) is 0 Å². The summed E-state index contributed by atoms with van der Waals surface area (Å²) in [6, 6.07) is 11.9. The van der Waals surface area contributed by atoms with Crippen LogP contribution in [0.2, 0.25) is 0 Å². The van der Waals surface area contributed by atoms with Crippen molar-refractivity contribution in [3.8, 4) is 0 Å².